The second kappa shape index (κ2) is 9.65. The van der Waals surface area contributed by atoms with Crippen LogP contribution in [0.25, 0.3) is 11.1 Å². The standard InChI is InChI=1S/C24H22ClF3N2S/c25-21-10-8-19(9-11-21)18-6-4-17(5-7-18)15-30-13-12-22(16-30)29-31-23-3-1-2-20(14-23)24(26,27)28/h1-11,14,22,29H,12-13,15-16H2. The minimum Gasteiger partial charge on any atom is -0.297 e. The van der Waals surface area contributed by atoms with Crippen molar-refractivity contribution in [3.05, 3.63) is 88.9 Å². The van der Waals surface area contributed by atoms with Gasteiger partial charge in [0.2, 0.25) is 0 Å². The normalized spacial score (nSPS) is 17.2. The fourth-order valence-electron chi connectivity index (χ4n) is 3.66. The number of benzene rings is 3. The van der Waals surface area contributed by atoms with Crippen LogP contribution in [0.15, 0.2) is 77.7 Å². The summed E-state index contributed by atoms with van der Waals surface area (Å²) in [4.78, 5) is 2.94. The number of hydrogen-bond acceptors (Lipinski definition) is 3. The van der Waals surface area contributed by atoms with Crippen molar-refractivity contribution in [2.75, 3.05) is 13.1 Å². The van der Waals surface area contributed by atoms with Crippen LogP contribution in [0.4, 0.5) is 13.2 Å². The molecular formula is C24H22ClF3N2S. The molecule has 0 aliphatic carbocycles. The van der Waals surface area contributed by atoms with E-state index in [2.05, 4.69) is 33.9 Å². The topological polar surface area (TPSA) is 15.3 Å². The van der Waals surface area contributed by atoms with Crippen molar-refractivity contribution >= 4 is 23.5 Å². The molecule has 0 bridgehead atoms. The van der Waals surface area contributed by atoms with Crippen LogP contribution in [0.5, 0.6) is 0 Å². The highest BCUT2D eigenvalue weighted by Crippen LogP contribution is 2.31. The third-order valence-electron chi connectivity index (χ3n) is 5.31. The first kappa shape index (κ1) is 22.2. The van der Waals surface area contributed by atoms with Crippen LogP contribution in [0.1, 0.15) is 17.5 Å². The molecule has 3 aromatic carbocycles. The smallest absolute Gasteiger partial charge is 0.297 e. The molecule has 4 rings (SSSR count). The third kappa shape index (κ3) is 6.04. The predicted octanol–water partition coefficient (Wildman–Crippen LogP) is 6.90. The van der Waals surface area contributed by atoms with Crippen LogP contribution in [0, 0.1) is 0 Å². The number of likely N-dealkylation sites (tertiary alicyclic amines) is 1. The summed E-state index contributed by atoms with van der Waals surface area (Å²) in [5, 5.41) is 0.726. The van der Waals surface area contributed by atoms with Crippen LogP contribution in [-0.2, 0) is 12.7 Å². The number of halogens is 4. The second-order valence-electron chi connectivity index (χ2n) is 7.67. The van der Waals surface area contributed by atoms with E-state index >= 15 is 0 Å². The largest absolute Gasteiger partial charge is 0.416 e. The Balaban J connectivity index is 1.28. The van der Waals surface area contributed by atoms with Crippen molar-refractivity contribution in [1.82, 2.24) is 9.62 Å². The first-order chi connectivity index (χ1) is 14.9. The van der Waals surface area contributed by atoms with E-state index in [0.717, 1.165) is 48.3 Å². The molecule has 3 aromatic rings. The van der Waals surface area contributed by atoms with E-state index in [1.165, 1.54) is 29.6 Å². The summed E-state index contributed by atoms with van der Waals surface area (Å²) >= 11 is 7.23. The summed E-state index contributed by atoms with van der Waals surface area (Å²) in [6.45, 7) is 2.68. The first-order valence-corrected chi connectivity index (χ1v) is 11.2. The van der Waals surface area contributed by atoms with Gasteiger partial charge in [-0.25, -0.2) is 0 Å². The number of nitrogens with one attached hydrogen (secondary N) is 1. The molecule has 1 heterocycles. The highest BCUT2D eigenvalue weighted by atomic mass is 35.5. The highest BCUT2D eigenvalue weighted by Gasteiger charge is 2.30. The van der Waals surface area contributed by atoms with Crippen molar-refractivity contribution in [2.24, 2.45) is 0 Å². The number of hydrogen-bond donors (Lipinski definition) is 1. The molecule has 162 valence electrons. The highest BCUT2D eigenvalue weighted by molar-refractivity contribution is 7.97. The van der Waals surface area contributed by atoms with Crippen molar-refractivity contribution < 1.29 is 13.2 Å². The van der Waals surface area contributed by atoms with Gasteiger partial charge in [-0.05, 0) is 65.4 Å². The average Bonchev–Trinajstić information content (AvgIpc) is 3.20. The summed E-state index contributed by atoms with van der Waals surface area (Å²) in [5.41, 5.74) is 2.91. The maximum Gasteiger partial charge on any atom is 0.416 e. The summed E-state index contributed by atoms with van der Waals surface area (Å²) in [6.07, 6.45) is -3.35. The van der Waals surface area contributed by atoms with Crippen molar-refractivity contribution in [3.8, 4) is 11.1 Å². The van der Waals surface area contributed by atoms with Gasteiger partial charge in [0.25, 0.3) is 0 Å². The molecule has 1 aliphatic rings. The van der Waals surface area contributed by atoms with E-state index in [1.807, 2.05) is 24.3 Å². The Labute approximate surface area is 189 Å². The minimum absolute atomic E-state index is 0.243. The zero-order valence-electron chi connectivity index (χ0n) is 16.7. The molecule has 7 heteroatoms. The molecule has 0 amide bonds. The average molecular weight is 463 g/mol. The van der Waals surface area contributed by atoms with Gasteiger partial charge in [-0.2, -0.15) is 13.2 Å². The number of alkyl halides is 3. The monoisotopic (exact) mass is 462 g/mol. The third-order valence-corrected chi connectivity index (χ3v) is 6.51. The number of rotatable bonds is 6. The van der Waals surface area contributed by atoms with Crippen LogP contribution in [0.2, 0.25) is 5.02 Å². The van der Waals surface area contributed by atoms with Gasteiger partial charge < -0.3 is 0 Å². The molecule has 0 radical (unpaired) electrons. The lowest BCUT2D eigenvalue weighted by molar-refractivity contribution is -0.137. The van der Waals surface area contributed by atoms with Crippen LogP contribution >= 0.6 is 23.5 Å². The zero-order chi connectivity index (χ0) is 21.8. The Morgan fingerprint density at radius 3 is 2.32 bits per heavy atom. The van der Waals surface area contributed by atoms with Gasteiger partial charge in [-0.3, -0.25) is 9.62 Å². The maximum absolute atomic E-state index is 12.9. The van der Waals surface area contributed by atoms with E-state index in [-0.39, 0.29) is 6.04 Å². The van der Waals surface area contributed by atoms with Gasteiger partial charge >= 0.3 is 6.18 Å². The second-order valence-corrected chi connectivity index (χ2v) is 9.02. The van der Waals surface area contributed by atoms with Gasteiger partial charge in [0.15, 0.2) is 0 Å². The zero-order valence-corrected chi connectivity index (χ0v) is 18.3. The molecule has 1 N–H and O–H groups in total. The van der Waals surface area contributed by atoms with Crippen molar-refractivity contribution in [3.63, 3.8) is 0 Å². The minimum atomic E-state index is -4.32. The van der Waals surface area contributed by atoms with Gasteiger partial charge in [0, 0.05) is 35.6 Å². The van der Waals surface area contributed by atoms with Gasteiger partial charge in [-0.15, -0.1) is 0 Å². The van der Waals surface area contributed by atoms with E-state index in [0.29, 0.717) is 4.90 Å². The fourth-order valence-corrected chi connectivity index (χ4v) is 4.62. The van der Waals surface area contributed by atoms with Crippen molar-refractivity contribution in [2.45, 2.75) is 30.1 Å². The molecule has 1 atom stereocenters. The Kier molecular flexibility index (Phi) is 6.92. The molecule has 0 saturated carbocycles. The van der Waals surface area contributed by atoms with Crippen LogP contribution in [0.3, 0.4) is 0 Å². The molecule has 0 aromatic heterocycles. The summed E-state index contributed by atoms with van der Waals surface area (Å²) in [6, 6.07) is 22.0. The molecular weight excluding hydrogens is 441 g/mol. The van der Waals surface area contributed by atoms with Gasteiger partial charge in [0.1, 0.15) is 0 Å². The Bertz CT molecular complexity index is 1010. The molecule has 1 saturated heterocycles. The first-order valence-electron chi connectivity index (χ1n) is 10.0. The number of nitrogens with zero attached hydrogens (tertiary/aromatic N) is 1. The van der Waals surface area contributed by atoms with E-state index in [1.54, 1.807) is 6.07 Å². The SMILES string of the molecule is FC(F)(F)c1cccc(SNC2CCN(Cc3ccc(-c4ccc(Cl)cc4)cc3)C2)c1. The van der Waals surface area contributed by atoms with Crippen LogP contribution < -0.4 is 4.72 Å². The summed E-state index contributed by atoms with van der Waals surface area (Å²) in [7, 11) is 0. The van der Waals surface area contributed by atoms with Gasteiger partial charge in [0.05, 0.1) is 5.56 Å². The molecule has 2 nitrogen and oxygen atoms in total. The maximum atomic E-state index is 12.9. The molecule has 31 heavy (non-hydrogen) atoms. The Morgan fingerprint density at radius 2 is 1.65 bits per heavy atom. The van der Waals surface area contributed by atoms with E-state index < -0.39 is 11.7 Å². The summed E-state index contributed by atoms with van der Waals surface area (Å²) < 4.78 is 41.9. The van der Waals surface area contributed by atoms with E-state index in [4.69, 9.17) is 11.6 Å². The van der Waals surface area contributed by atoms with Crippen LogP contribution in [-0.4, -0.2) is 24.0 Å². The lowest BCUT2D eigenvalue weighted by atomic mass is 10.0. The Hall–Kier alpha value is -1.99. The van der Waals surface area contributed by atoms with E-state index in [9.17, 15) is 13.2 Å². The van der Waals surface area contributed by atoms with Gasteiger partial charge in [-0.1, -0.05) is 54.1 Å². The lowest BCUT2D eigenvalue weighted by Gasteiger charge is -2.17. The predicted molar refractivity (Wildman–Crippen MR) is 121 cm³/mol. The van der Waals surface area contributed by atoms with Crippen molar-refractivity contribution in [1.29, 1.82) is 0 Å². The quantitative estimate of drug-likeness (QED) is 0.401. The molecule has 1 unspecified atom stereocenters. The fraction of sp³-hybridized carbons (Fsp3) is 0.250. The summed E-state index contributed by atoms with van der Waals surface area (Å²) in [5.74, 6) is 0. The molecule has 1 fully saturated rings. The lowest BCUT2D eigenvalue weighted by Crippen LogP contribution is -2.28. The molecule has 0 spiro atoms. The molecule has 1 aliphatic heterocycles. The Morgan fingerprint density at radius 1 is 0.968 bits per heavy atom.